The van der Waals surface area contributed by atoms with Gasteiger partial charge in [-0.15, -0.1) is 0 Å². The third-order valence-corrected chi connectivity index (χ3v) is 2.24. The van der Waals surface area contributed by atoms with Crippen LogP contribution in [0.3, 0.4) is 0 Å². The third kappa shape index (κ3) is 2.59. The first-order valence-electron chi connectivity index (χ1n) is 4.96. The summed E-state index contributed by atoms with van der Waals surface area (Å²) >= 11 is 0. The summed E-state index contributed by atoms with van der Waals surface area (Å²) in [5, 5.41) is 3.52. The average Bonchev–Trinajstić information content (AvgIpc) is 2.33. The number of hydrogen-bond acceptors (Lipinski definition) is 1. The van der Waals surface area contributed by atoms with Crippen LogP contribution in [0.1, 0.15) is 5.56 Å². The predicted molar refractivity (Wildman–Crippen MR) is 61.0 cm³/mol. The number of rotatable bonds is 3. The first kappa shape index (κ1) is 10.2. The highest BCUT2D eigenvalue weighted by atomic mass is 15.1. The molecule has 2 aromatic rings. The Labute approximate surface area is 93.4 Å². The normalized spacial score (nSPS) is 9.50. The molecule has 0 amide bonds. The van der Waals surface area contributed by atoms with Gasteiger partial charge in [0, 0.05) is 28.3 Å². The van der Waals surface area contributed by atoms with Gasteiger partial charge >= 0.3 is 0 Å². The molecule has 0 N–H and O–H groups in total. The van der Waals surface area contributed by atoms with E-state index in [9.17, 15) is 0 Å². The highest BCUT2D eigenvalue weighted by Crippen LogP contribution is 2.07. The van der Waals surface area contributed by atoms with Crippen LogP contribution in [0, 0.1) is 0 Å². The first-order chi connectivity index (χ1) is 7.88. The number of nitrogens with zero attached hydrogens (tertiary/aromatic N) is 4. The van der Waals surface area contributed by atoms with Crippen LogP contribution in [0.5, 0.6) is 0 Å². The first-order valence-corrected chi connectivity index (χ1v) is 4.96. The van der Waals surface area contributed by atoms with Crippen molar-refractivity contribution in [3.05, 3.63) is 70.9 Å². The minimum Gasteiger partial charge on any atom is -0.201 e. The van der Waals surface area contributed by atoms with Crippen molar-refractivity contribution >= 4 is 5.69 Å². The van der Waals surface area contributed by atoms with Crippen molar-refractivity contribution < 1.29 is 4.57 Å². The lowest BCUT2D eigenvalue weighted by molar-refractivity contribution is -0.688. The topological polar surface area (TPSA) is 52.6 Å². The molecule has 16 heavy (non-hydrogen) atoms. The number of hydrogen-bond donors (Lipinski definition) is 0. The second-order valence-electron chi connectivity index (χ2n) is 3.40. The Morgan fingerprint density at radius 1 is 1.06 bits per heavy atom. The number of benzene rings is 1. The molecule has 4 heteroatoms. The molecule has 0 saturated heterocycles. The van der Waals surface area contributed by atoms with E-state index in [2.05, 4.69) is 22.2 Å². The molecule has 0 saturated carbocycles. The van der Waals surface area contributed by atoms with E-state index in [1.807, 2.05) is 35.2 Å². The van der Waals surface area contributed by atoms with Gasteiger partial charge < -0.3 is 0 Å². The van der Waals surface area contributed by atoms with Crippen LogP contribution in [0.2, 0.25) is 0 Å². The fraction of sp³-hybridized carbons (Fsp3) is 0.0833. The Hall–Kier alpha value is -2.32. The van der Waals surface area contributed by atoms with Gasteiger partial charge in [-0.3, -0.25) is 0 Å². The Balaban J connectivity index is 2.14. The van der Waals surface area contributed by atoms with Gasteiger partial charge in [0.05, 0.1) is 0 Å². The summed E-state index contributed by atoms with van der Waals surface area (Å²) in [7, 11) is 0. The monoisotopic (exact) mass is 211 g/mol. The van der Waals surface area contributed by atoms with E-state index in [1.165, 1.54) is 5.56 Å². The minimum absolute atomic E-state index is 0.631. The molecule has 1 aromatic heterocycles. The lowest BCUT2D eigenvalue weighted by atomic mass is 10.2. The highest BCUT2D eigenvalue weighted by molar-refractivity contribution is 5.31. The van der Waals surface area contributed by atoms with E-state index in [-0.39, 0.29) is 0 Å². The van der Waals surface area contributed by atoms with Gasteiger partial charge in [-0.1, -0.05) is 35.4 Å². The Morgan fingerprint density at radius 2 is 1.75 bits per heavy atom. The molecule has 0 fully saturated rings. The van der Waals surface area contributed by atoms with Crippen LogP contribution < -0.4 is 4.57 Å². The van der Waals surface area contributed by atoms with Crippen molar-refractivity contribution in [2.45, 2.75) is 6.54 Å². The van der Waals surface area contributed by atoms with Gasteiger partial charge in [0.2, 0.25) is 0 Å². The van der Waals surface area contributed by atoms with E-state index in [1.54, 1.807) is 12.1 Å². The molecule has 4 nitrogen and oxygen atoms in total. The van der Waals surface area contributed by atoms with E-state index >= 15 is 0 Å². The summed E-state index contributed by atoms with van der Waals surface area (Å²) in [6.07, 6.45) is 3.80. The molecule has 0 aliphatic rings. The van der Waals surface area contributed by atoms with Crippen molar-refractivity contribution in [2.75, 3.05) is 0 Å². The smallest absolute Gasteiger partial charge is 0.173 e. The zero-order valence-electron chi connectivity index (χ0n) is 8.69. The minimum atomic E-state index is 0.631. The summed E-state index contributed by atoms with van der Waals surface area (Å²) in [5.74, 6) is 0. The van der Waals surface area contributed by atoms with Crippen molar-refractivity contribution in [1.29, 1.82) is 0 Å². The molecule has 0 aliphatic heterocycles. The lowest BCUT2D eigenvalue weighted by Gasteiger charge is -1.97. The van der Waals surface area contributed by atoms with Crippen LogP contribution in [-0.4, -0.2) is 0 Å². The predicted octanol–water partition coefficient (Wildman–Crippen LogP) is 2.96. The summed E-state index contributed by atoms with van der Waals surface area (Å²) < 4.78 is 2.03. The molecule has 1 aromatic carbocycles. The van der Waals surface area contributed by atoms with Crippen molar-refractivity contribution in [1.82, 2.24) is 0 Å². The maximum atomic E-state index is 8.28. The zero-order valence-corrected chi connectivity index (χ0v) is 8.69. The van der Waals surface area contributed by atoms with Gasteiger partial charge in [0.15, 0.2) is 18.9 Å². The standard InChI is InChI=1S/C12H11N4/c13-15-14-12-6-8-16(9-7-12)10-11-4-2-1-3-5-11/h1-9H,10H2/q+1. The Morgan fingerprint density at radius 3 is 2.38 bits per heavy atom. The number of aromatic nitrogens is 1. The van der Waals surface area contributed by atoms with Crippen LogP contribution in [-0.2, 0) is 6.54 Å². The number of azide groups is 1. The van der Waals surface area contributed by atoms with Crippen molar-refractivity contribution in [3.63, 3.8) is 0 Å². The highest BCUT2D eigenvalue weighted by Gasteiger charge is 2.01. The van der Waals surface area contributed by atoms with Gasteiger partial charge in [0.1, 0.15) is 0 Å². The summed E-state index contributed by atoms with van der Waals surface area (Å²) in [6.45, 7) is 0.817. The molecule has 0 spiro atoms. The van der Waals surface area contributed by atoms with Crippen LogP contribution in [0.15, 0.2) is 60.0 Å². The average molecular weight is 211 g/mol. The van der Waals surface area contributed by atoms with Crippen LogP contribution in [0.25, 0.3) is 10.4 Å². The Bertz CT molecular complexity index is 498. The van der Waals surface area contributed by atoms with Gasteiger partial charge in [-0.2, -0.15) is 0 Å². The maximum Gasteiger partial charge on any atom is 0.173 e. The summed E-state index contributed by atoms with van der Waals surface area (Å²) in [4.78, 5) is 2.74. The lowest BCUT2D eigenvalue weighted by Crippen LogP contribution is -2.32. The molecule has 1 heterocycles. The molecular weight excluding hydrogens is 200 g/mol. The van der Waals surface area contributed by atoms with Gasteiger partial charge in [-0.25, -0.2) is 4.57 Å². The zero-order chi connectivity index (χ0) is 11.2. The second-order valence-corrected chi connectivity index (χ2v) is 3.40. The fourth-order valence-corrected chi connectivity index (χ4v) is 1.47. The van der Waals surface area contributed by atoms with Gasteiger partial charge in [0.25, 0.3) is 0 Å². The maximum absolute atomic E-state index is 8.28. The fourth-order valence-electron chi connectivity index (χ4n) is 1.47. The van der Waals surface area contributed by atoms with Crippen LogP contribution >= 0.6 is 0 Å². The molecule has 0 unspecified atom stereocenters. The second kappa shape index (κ2) is 4.96. The van der Waals surface area contributed by atoms with E-state index < -0.39 is 0 Å². The van der Waals surface area contributed by atoms with E-state index in [0.717, 1.165) is 6.54 Å². The van der Waals surface area contributed by atoms with Crippen LogP contribution in [0.4, 0.5) is 5.69 Å². The largest absolute Gasteiger partial charge is 0.201 e. The Kier molecular flexibility index (Phi) is 3.16. The van der Waals surface area contributed by atoms with Gasteiger partial charge in [-0.05, 0) is 5.53 Å². The number of pyridine rings is 1. The molecule has 0 atom stereocenters. The molecule has 78 valence electrons. The molecular formula is C12H11N4+. The van der Waals surface area contributed by atoms with Crippen molar-refractivity contribution in [3.8, 4) is 0 Å². The molecule has 0 bridgehead atoms. The summed E-state index contributed by atoms with van der Waals surface area (Å²) in [5.41, 5.74) is 10.1. The van der Waals surface area contributed by atoms with Crippen molar-refractivity contribution in [2.24, 2.45) is 5.11 Å². The third-order valence-electron chi connectivity index (χ3n) is 2.24. The SMILES string of the molecule is [N-]=[N+]=Nc1cc[n+](Cc2ccccc2)cc1. The summed E-state index contributed by atoms with van der Waals surface area (Å²) in [6, 6.07) is 13.8. The molecule has 0 aliphatic carbocycles. The quantitative estimate of drug-likeness (QED) is 0.324. The van der Waals surface area contributed by atoms with E-state index in [4.69, 9.17) is 5.53 Å². The van der Waals surface area contributed by atoms with E-state index in [0.29, 0.717) is 5.69 Å². The molecule has 2 rings (SSSR count). The molecule has 0 radical (unpaired) electrons.